The number of nitrogens with zero attached hydrogens (tertiary/aromatic N) is 1. The lowest BCUT2D eigenvalue weighted by molar-refractivity contribution is -0.127. The fraction of sp³-hybridized carbons (Fsp3) is 0.273. The first-order chi connectivity index (χ1) is 7.70. The number of benzene rings is 1. The molecule has 0 saturated carbocycles. The molecular formula is C11H11ClN2O2. The second-order valence-corrected chi connectivity index (χ2v) is 3.93. The molecule has 84 valence electrons. The van der Waals surface area contributed by atoms with Crippen molar-refractivity contribution in [3.05, 3.63) is 35.9 Å². The number of hydrogen-bond acceptors (Lipinski definition) is 2. The normalized spacial score (nSPS) is 17.1. The Bertz CT molecular complexity index is 408. The molecule has 1 saturated heterocycles. The molecular weight excluding hydrogens is 228 g/mol. The average Bonchev–Trinajstić information content (AvgIpc) is 2.75. The van der Waals surface area contributed by atoms with Crippen molar-refractivity contribution in [2.75, 3.05) is 13.1 Å². The van der Waals surface area contributed by atoms with E-state index in [0.717, 1.165) is 4.90 Å². The Morgan fingerprint density at radius 3 is 2.62 bits per heavy atom. The van der Waals surface area contributed by atoms with Crippen molar-refractivity contribution in [3.63, 3.8) is 0 Å². The second kappa shape index (κ2) is 4.53. The van der Waals surface area contributed by atoms with Gasteiger partial charge in [-0.05, 0) is 5.56 Å². The molecule has 1 aliphatic rings. The zero-order chi connectivity index (χ0) is 11.5. The summed E-state index contributed by atoms with van der Waals surface area (Å²) in [5, 5.41) is 1.76. The molecule has 1 fully saturated rings. The van der Waals surface area contributed by atoms with Gasteiger partial charge in [-0.15, -0.1) is 11.6 Å². The van der Waals surface area contributed by atoms with Crippen LogP contribution in [0.15, 0.2) is 30.3 Å². The van der Waals surface area contributed by atoms with Crippen LogP contribution in [0.2, 0.25) is 0 Å². The molecule has 3 amide bonds. The van der Waals surface area contributed by atoms with E-state index in [1.807, 2.05) is 18.2 Å². The number of hydrogen-bond donors (Lipinski definition) is 1. The molecule has 5 heteroatoms. The van der Waals surface area contributed by atoms with Crippen molar-refractivity contribution in [2.24, 2.45) is 0 Å². The molecule has 1 atom stereocenters. The summed E-state index contributed by atoms with van der Waals surface area (Å²) >= 11 is 6.03. The Labute approximate surface area is 98.2 Å². The highest BCUT2D eigenvalue weighted by atomic mass is 35.5. The molecule has 1 aliphatic heterocycles. The van der Waals surface area contributed by atoms with E-state index < -0.39 is 5.38 Å². The highest BCUT2D eigenvalue weighted by Gasteiger charge is 2.31. The van der Waals surface area contributed by atoms with E-state index in [-0.39, 0.29) is 11.9 Å². The molecule has 0 bridgehead atoms. The van der Waals surface area contributed by atoms with E-state index >= 15 is 0 Å². The smallest absolute Gasteiger partial charge is 0.324 e. The van der Waals surface area contributed by atoms with Crippen LogP contribution in [-0.4, -0.2) is 29.9 Å². The Morgan fingerprint density at radius 1 is 1.38 bits per heavy atom. The molecule has 1 aromatic carbocycles. The average molecular weight is 239 g/mol. The molecule has 1 unspecified atom stereocenters. The molecule has 4 nitrogen and oxygen atoms in total. The van der Waals surface area contributed by atoms with E-state index in [0.29, 0.717) is 18.7 Å². The first-order valence-electron chi connectivity index (χ1n) is 4.98. The Kier molecular flexibility index (Phi) is 3.10. The van der Waals surface area contributed by atoms with Crippen molar-refractivity contribution < 1.29 is 9.59 Å². The molecule has 16 heavy (non-hydrogen) atoms. The SMILES string of the molecule is O=C1NCCN1C(=O)C(Cl)c1ccccc1. The van der Waals surface area contributed by atoms with Gasteiger partial charge in [0.15, 0.2) is 0 Å². The number of nitrogens with one attached hydrogen (secondary N) is 1. The molecule has 0 radical (unpaired) electrons. The summed E-state index contributed by atoms with van der Waals surface area (Å²) < 4.78 is 0. The summed E-state index contributed by atoms with van der Waals surface area (Å²) in [4.78, 5) is 24.3. The number of urea groups is 1. The molecule has 2 rings (SSSR count). The number of rotatable bonds is 2. The Morgan fingerprint density at radius 2 is 2.06 bits per heavy atom. The van der Waals surface area contributed by atoms with Crippen LogP contribution in [0, 0.1) is 0 Å². The van der Waals surface area contributed by atoms with Gasteiger partial charge in [0.25, 0.3) is 5.91 Å². The fourth-order valence-electron chi connectivity index (χ4n) is 1.58. The maximum Gasteiger partial charge on any atom is 0.324 e. The fourth-order valence-corrected chi connectivity index (χ4v) is 1.85. The lowest BCUT2D eigenvalue weighted by atomic mass is 10.1. The molecule has 1 aromatic rings. The minimum atomic E-state index is -0.801. The Balaban J connectivity index is 2.13. The largest absolute Gasteiger partial charge is 0.336 e. The summed E-state index contributed by atoms with van der Waals surface area (Å²) in [6.07, 6.45) is 0. The topological polar surface area (TPSA) is 49.4 Å². The molecule has 1 heterocycles. The summed E-state index contributed by atoms with van der Waals surface area (Å²) in [6.45, 7) is 0.872. The van der Waals surface area contributed by atoms with E-state index in [1.54, 1.807) is 12.1 Å². The third kappa shape index (κ3) is 2.02. The van der Waals surface area contributed by atoms with Crippen molar-refractivity contribution in [1.82, 2.24) is 10.2 Å². The maximum absolute atomic E-state index is 11.9. The number of imide groups is 1. The number of alkyl halides is 1. The zero-order valence-corrected chi connectivity index (χ0v) is 9.28. The zero-order valence-electron chi connectivity index (χ0n) is 8.52. The first-order valence-corrected chi connectivity index (χ1v) is 5.42. The van der Waals surface area contributed by atoms with Crippen LogP contribution in [0.1, 0.15) is 10.9 Å². The van der Waals surface area contributed by atoms with Crippen molar-refractivity contribution in [2.45, 2.75) is 5.38 Å². The number of carbonyl (C=O) groups excluding carboxylic acids is 2. The summed E-state index contributed by atoms with van der Waals surface area (Å²) in [6, 6.07) is 8.63. The van der Waals surface area contributed by atoms with Gasteiger partial charge >= 0.3 is 6.03 Å². The quantitative estimate of drug-likeness (QED) is 0.795. The van der Waals surface area contributed by atoms with Crippen LogP contribution in [0.5, 0.6) is 0 Å². The number of amides is 3. The van der Waals surface area contributed by atoms with Crippen LogP contribution in [-0.2, 0) is 4.79 Å². The monoisotopic (exact) mass is 238 g/mol. The first kappa shape index (κ1) is 11.0. The van der Waals surface area contributed by atoms with Crippen molar-refractivity contribution in [3.8, 4) is 0 Å². The predicted octanol–water partition coefficient (Wildman–Crippen LogP) is 1.52. The Hall–Kier alpha value is -1.55. The van der Waals surface area contributed by atoms with Crippen LogP contribution >= 0.6 is 11.6 Å². The van der Waals surface area contributed by atoms with E-state index in [4.69, 9.17) is 11.6 Å². The van der Waals surface area contributed by atoms with Gasteiger partial charge in [-0.2, -0.15) is 0 Å². The van der Waals surface area contributed by atoms with Gasteiger partial charge in [-0.1, -0.05) is 30.3 Å². The van der Waals surface area contributed by atoms with Gasteiger partial charge in [-0.3, -0.25) is 9.69 Å². The third-order valence-corrected chi connectivity index (χ3v) is 2.87. The highest BCUT2D eigenvalue weighted by Crippen LogP contribution is 2.23. The van der Waals surface area contributed by atoms with Crippen molar-refractivity contribution >= 4 is 23.5 Å². The molecule has 0 aromatic heterocycles. The van der Waals surface area contributed by atoms with Crippen LogP contribution in [0.3, 0.4) is 0 Å². The van der Waals surface area contributed by atoms with Crippen LogP contribution in [0.4, 0.5) is 4.79 Å². The second-order valence-electron chi connectivity index (χ2n) is 3.50. The van der Waals surface area contributed by atoms with Gasteiger partial charge in [0.05, 0.1) is 0 Å². The standard InChI is InChI=1S/C11H11ClN2O2/c12-9(8-4-2-1-3-5-8)10(15)14-7-6-13-11(14)16/h1-5,9H,6-7H2,(H,13,16). The summed E-state index contributed by atoms with van der Waals surface area (Å²) in [5.41, 5.74) is 0.703. The molecule has 1 N–H and O–H groups in total. The van der Waals surface area contributed by atoms with Crippen LogP contribution < -0.4 is 5.32 Å². The minimum Gasteiger partial charge on any atom is -0.336 e. The summed E-state index contributed by atoms with van der Waals surface area (Å²) in [7, 11) is 0. The van der Waals surface area contributed by atoms with Gasteiger partial charge in [0, 0.05) is 13.1 Å². The van der Waals surface area contributed by atoms with Crippen LogP contribution in [0.25, 0.3) is 0 Å². The number of carbonyl (C=O) groups is 2. The van der Waals surface area contributed by atoms with E-state index in [2.05, 4.69) is 5.32 Å². The van der Waals surface area contributed by atoms with Gasteiger partial charge in [0.2, 0.25) is 0 Å². The van der Waals surface area contributed by atoms with E-state index in [9.17, 15) is 9.59 Å². The van der Waals surface area contributed by atoms with Gasteiger partial charge < -0.3 is 5.32 Å². The lowest BCUT2D eigenvalue weighted by Crippen LogP contribution is -2.36. The maximum atomic E-state index is 11.9. The number of halogens is 1. The third-order valence-electron chi connectivity index (χ3n) is 2.43. The van der Waals surface area contributed by atoms with Crippen molar-refractivity contribution in [1.29, 1.82) is 0 Å². The summed E-state index contributed by atoms with van der Waals surface area (Å²) in [5.74, 6) is -0.372. The predicted molar refractivity (Wildman–Crippen MR) is 60.1 cm³/mol. The minimum absolute atomic E-state index is 0.369. The molecule has 0 spiro atoms. The van der Waals surface area contributed by atoms with Gasteiger partial charge in [-0.25, -0.2) is 4.79 Å². The van der Waals surface area contributed by atoms with Gasteiger partial charge in [0.1, 0.15) is 5.38 Å². The lowest BCUT2D eigenvalue weighted by Gasteiger charge is -2.16. The highest BCUT2D eigenvalue weighted by molar-refractivity contribution is 6.31. The molecule has 0 aliphatic carbocycles. The van der Waals surface area contributed by atoms with E-state index in [1.165, 1.54) is 0 Å².